The smallest absolute Gasteiger partial charge is 0.325 e. The maximum atomic E-state index is 12.6. The van der Waals surface area contributed by atoms with Crippen molar-refractivity contribution in [1.82, 2.24) is 35.4 Å². The van der Waals surface area contributed by atoms with Crippen molar-refractivity contribution < 1.29 is 14.1 Å². The minimum Gasteiger partial charge on any atom is -0.339 e. The lowest BCUT2D eigenvalue weighted by Crippen LogP contribution is -2.32. The molecule has 140 valence electrons. The Morgan fingerprint density at radius 1 is 1.27 bits per heavy atom. The van der Waals surface area contributed by atoms with E-state index < -0.39 is 12.1 Å². The van der Waals surface area contributed by atoms with Crippen LogP contribution in [0.3, 0.4) is 0 Å². The average Bonchev–Trinajstić information content (AvgIpc) is 3.25. The van der Waals surface area contributed by atoms with Crippen molar-refractivity contribution in [3.05, 3.63) is 23.6 Å². The van der Waals surface area contributed by atoms with E-state index in [0.29, 0.717) is 36.2 Å². The fourth-order valence-corrected chi connectivity index (χ4v) is 2.66. The van der Waals surface area contributed by atoms with E-state index in [4.69, 9.17) is 4.52 Å². The Labute approximate surface area is 150 Å². The minimum atomic E-state index is -0.665. The first-order chi connectivity index (χ1) is 12.3. The normalized spacial score (nSPS) is 17.6. The molecule has 2 aromatic heterocycles. The van der Waals surface area contributed by atoms with Crippen LogP contribution in [-0.2, 0) is 24.2 Å². The molecule has 1 fully saturated rings. The first kappa shape index (κ1) is 18.0. The SMILES string of the molecule is CC(C)Cc1nc(CN2C(=O)N[C@H](Cc3cn(C(C)C)nn3)C2=O)no1. The molecule has 0 bridgehead atoms. The van der Waals surface area contributed by atoms with Crippen LogP contribution in [0.5, 0.6) is 0 Å². The minimum absolute atomic E-state index is 0.0125. The highest BCUT2D eigenvalue weighted by molar-refractivity contribution is 6.04. The van der Waals surface area contributed by atoms with Gasteiger partial charge < -0.3 is 9.84 Å². The van der Waals surface area contributed by atoms with Gasteiger partial charge in [0.05, 0.1) is 12.2 Å². The van der Waals surface area contributed by atoms with Gasteiger partial charge in [0.25, 0.3) is 5.91 Å². The maximum absolute atomic E-state index is 12.6. The second kappa shape index (κ2) is 7.22. The Morgan fingerprint density at radius 3 is 2.69 bits per heavy atom. The van der Waals surface area contributed by atoms with Crippen molar-refractivity contribution in [2.24, 2.45) is 5.92 Å². The van der Waals surface area contributed by atoms with Crippen molar-refractivity contribution >= 4 is 11.9 Å². The summed E-state index contributed by atoms with van der Waals surface area (Å²) in [6, 6.07) is -0.951. The summed E-state index contributed by atoms with van der Waals surface area (Å²) in [5, 5.41) is 14.6. The maximum Gasteiger partial charge on any atom is 0.325 e. The van der Waals surface area contributed by atoms with Crippen molar-refractivity contribution in [3.8, 4) is 0 Å². The molecule has 0 spiro atoms. The number of carbonyl (C=O) groups is 2. The Hall–Kier alpha value is -2.78. The van der Waals surface area contributed by atoms with Crippen LogP contribution in [0.25, 0.3) is 0 Å². The number of urea groups is 1. The monoisotopic (exact) mass is 361 g/mol. The third-order valence-electron chi connectivity index (χ3n) is 4.00. The van der Waals surface area contributed by atoms with Gasteiger partial charge in [-0.1, -0.05) is 24.2 Å². The molecule has 0 aliphatic carbocycles. The predicted octanol–water partition coefficient (Wildman–Crippen LogP) is 1.10. The van der Waals surface area contributed by atoms with Crippen molar-refractivity contribution in [2.75, 3.05) is 0 Å². The molecule has 0 unspecified atom stereocenters. The lowest BCUT2D eigenvalue weighted by molar-refractivity contribution is -0.127. The topological polar surface area (TPSA) is 119 Å². The van der Waals surface area contributed by atoms with Gasteiger partial charge in [-0.05, 0) is 19.8 Å². The lowest BCUT2D eigenvalue weighted by Gasteiger charge is -2.09. The molecule has 3 heterocycles. The molecule has 0 radical (unpaired) electrons. The summed E-state index contributed by atoms with van der Waals surface area (Å²) < 4.78 is 6.86. The molecule has 1 saturated heterocycles. The number of aromatic nitrogens is 5. The van der Waals surface area contributed by atoms with Crippen molar-refractivity contribution in [1.29, 1.82) is 0 Å². The molecule has 0 saturated carbocycles. The summed E-state index contributed by atoms with van der Waals surface area (Å²) in [6.45, 7) is 8.05. The highest BCUT2D eigenvalue weighted by Crippen LogP contribution is 2.15. The number of hydrogen-bond acceptors (Lipinski definition) is 7. The van der Waals surface area contributed by atoms with Crippen LogP contribution in [0.2, 0.25) is 0 Å². The molecule has 1 aliphatic heterocycles. The van der Waals surface area contributed by atoms with E-state index in [9.17, 15) is 9.59 Å². The molecular formula is C16H23N7O3. The van der Waals surface area contributed by atoms with Crippen LogP contribution < -0.4 is 5.32 Å². The van der Waals surface area contributed by atoms with E-state index in [-0.39, 0.29) is 18.5 Å². The number of nitrogens with one attached hydrogen (secondary N) is 1. The molecule has 26 heavy (non-hydrogen) atoms. The third-order valence-corrected chi connectivity index (χ3v) is 4.00. The fraction of sp³-hybridized carbons (Fsp3) is 0.625. The van der Waals surface area contributed by atoms with E-state index in [1.54, 1.807) is 10.9 Å². The van der Waals surface area contributed by atoms with Crippen LogP contribution in [-0.4, -0.2) is 48.0 Å². The Bertz CT molecular complexity index is 795. The van der Waals surface area contributed by atoms with Gasteiger partial charge >= 0.3 is 6.03 Å². The quantitative estimate of drug-likeness (QED) is 0.733. The van der Waals surface area contributed by atoms with Gasteiger partial charge in [0, 0.05) is 25.1 Å². The van der Waals surface area contributed by atoms with Crippen LogP contribution in [0.4, 0.5) is 4.79 Å². The Kier molecular flexibility index (Phi) is 5.01. The summed E-state index contributed by atoms with van der Waals surface area (Å²) in [4.78, 5) is 30.0. The van der Waals surface area contributed by atoms with Gasteiger partial charge in [0.2, 0.25) is 5.89 Å². The highest BCUT2D eigenvalue weighted by atomic mass is 16.5. The molecule has 3 amide bonds. The van der Waals surface area contributed by atoms with Gasteiger partial charge in [-0.25, -0.2) is 9.48 Å². The Morgan fingerprint density at radius 2 is 2.04 bits per heavy atom. The summed E-state index contributed by atoms with van der Waals surface area (Å²) in [5.74, 6) is 0.868. The summed E-state index contributed by atoms with van der Waals surface area (Å²) in [6.07, 6.45) is 2.73. The van der Waals surface area contributed by atoms with E-state index in [2.05, 4.69) is 25.8 Å². The van der Waals surface area contributed by atoms with Gasteiger partial charge in [-0.15, -0.1) is 5.10 Å². The second-order valence-corrected chi connectivity index (χ2v) is 7.12. The van der Waals surface area contributed by atoms with Crippen molar-refractivity contribution in [2.45, 2.75) is 59.2 Å². The first-order valence-electron chi connectivity index (χ1n) is 8.67. The standard InChI is InChI=1S/C16H23N7O3/c1-9(2)5-14-18-13(20-26-14)8-22-15(24)12(17-16(22)25)6-11-7-23(10(3)4)21-19-11/h7,9-10,12H,5-6,8H2,1-4H3,(H,17,25)/t12-/m1/s1. The van der Waals surface area contributed by atoms with Gasteiger partial charge in [0.1, 0.15) is 6.04 Å². The number of amides is 3. The zero-order valence-electron chi connectivity index (χ0n) is 15.3. The van der Waals surface area contributed by atoms with E-state index in [1.165, 1.54) is 0 Å². The largest absolute Gasteiger partial charge is 0.339 e. The van der Waals surface area contributed by atoms with E-state index >= 15 is 0 Å². The van der Waals surface area contributed by atoms with E-state index in [1.807, 2.05) is 27.7 Å². The van der Waals surface area contributed by atoms with Gasteiger partial charge in [0.15, 0.2) is 5.82 Å². The zero-order valence-corrected chi connectivity index (χ0v) is 15.3. The number of rotatable bonds is 7. The molecule has 10 heteroatoms. The molecule has 3 rings (SSSR count). The first-order valence-corrected chi connectivity index (χ1v) is 8.67. The zero-order chi connectivity index (χ0) is 18.8. The number of nitrogens with zero attached hydrogens (tertiary/aromatic N) is 6. The lowest BCUT2D eigenvalue weighted by atomic mass is 10.1. The summed E-state index contributed by atoms with van der Waals surface area (Å²) in [7, 11) is 0. The molecule has 1 aliphatic rings. The third kappa shape index (κ3) is 3.89. The molecule has 2 aromatic rings. The average molecular weight is 361 g/mol. The van der Waals surface area contributed by atoms with Crippen LogP contribution in [0, 0.1) is 5.92 Å². The van der Waals surface area contributed by atoms with E-state index in [0.717, 1.165) is 4.90 Å². The summed E-state index contributed by atoms with van der Waals surface area (Å²) >= 11 is 0. The van der Waals surface area contributed by atoms with Gasteiger partial charge in [-0.3, -0.25) is 9.69 Å². The van der Waals surface area contributed by atoms with Crippen LogP contribution >= 0.6 is 0 Å². The second-order valence-electron chi connectivity index (χ2n) is 7.12. The van der Waals surface area contributed by atoms with Crippen LogP contribution in [0.1, 0.15) is 51.1 Å². The number of carbonyl (C=O) groups excluding carboxylic acids is 2. The molecule has 0 aromatic carbocycles. The molecular weight excluding hydrogens is 338 g/mol. The summed E-state index contributed by atoms with van der Waals surface area (Å²) in [5.41, 5.74) is 0.651. The van der Waals surface area contributed by atoms with Gasteiger partial charge in [-0.2, -0.15) is 4.98 Å². The molecule has 1 atom stereocenters. The number of imide groups is 1. The molecule has 1 N–H and O–H groups in total. The number of hydrogen-bond donors (Lipinski definition) is 1. The molecule has 10 nitrogen and oxygen atoms in total. The van der Waals surface area contributed by atoms with Crippen LogP contribution in [0.15, 0.2) is 10.7 Å². The Balaban J connectivity index is 1.63. The highest BCUT2D eigenvalue weighted by Gasteiger charge is 2.39. The van der Waals surface area contributed by atoms with Crippen molar-refractivity contribution in [3.63, 3.8) is 0 Å². The fourth-order valence-electron chi connectivity index (χ4n) is 2.66. The predicted molar refractivity (Wildman–Crippen MR) is 89.8 cm³/mol.